The number of hydrogen-bond acceptors (Lipinski definition) is 3. The molecule has 6 heteroatoms. The average molecular weight is 268 g/mol. The minimum absolute atomic E-state index is 0.0231. The van der Waals surface area contributed by atoms with Gasteiger partial charge < -0.3 is 20.4 Å². The number of carbonyl (C=O) groups is 2. The molecule has 2 unspecified atom stereocenters. The molecule has 1 aliphatic heterocycles. The topological polar surface area (TPSA) is 69.9 Å². The van der Waals surface area contributed by atoms with E-state index in [1.165, 1.54) is 0 Å². The Kier molecular flexibility index (Phi) is 4.29. The SMILES string of the molecule is CN(C)C(=O)N1CCN(C(=O)C2CCC(N)C2)CC1. The normalized spacial score (nSPS) is 27.5. The van der Waals surface area contributed by atoms with Crippen molar-refractivity contribution >= 4 is 11.9 Å². The second-order valence-electron chi connectivity index (χ2n) is 5.76. The Balaban J connectivity index is 1.83. The molecule has 1 saturated heterocycles. The van der Waals surface area contributed by atoms with E-state index < -0.39 is 0 Å². The van der Waals surface area contributed by atoms with E-state index in [0.29, 0.717) is 26.2 Å². The molecule has 2 aliphatic rings. The van der Waals surface area contributed by atoms with E-state index in [1.54, 1.807) is 23.9 Å². The third-order valence-electron chi connectivity index (χ3n) is 4.07. The van der Waals surface area contributed by atoms with E-state index in [2.05, 4.69) is 0 Å². The fourth-order valence-corrected chi connectivity index (χ4v) is 2.90. The van der Waals surface area contributed by atoms with Gasteiger partial charge in [0.2, 0.25) is 5.91 Å². The molecule has 0 bridgehead atoms. The van der Waals surface area contributed by atoms with E-state index >= 15 is 0 Å². The number of amides is 3. The van der Waals surface area contributed by atoms with Crippen molar-refractivity contribution in [2.75, 3.05) is 40.3 Å². The second kappa shape index (κ2) is 5.77. The third kappa shape index (κ3) is 3.18. The zero-order chi connectivity index (χ0) is 14.0. The maximum atomic E-state index is 12.3. The van der Waals surface area contributed by atoms with Crippen LogP contribution in [0.25, 0.3) is 0 Å². The first-order valence-corrected chi connectivity index (χ1v) is 6.99. The summed E-state index contributed by atoms with van der Waals surface area (Å²) in [5.74, 6) is 0.330. The van der Waals surface area contributed by atoms with Gasteiger partial charge in [-0.1, -0.05) is 0 Å². The molecule has 2 atom stereocenters. The van der Waals surface area contributed by atoms with Gasteiger partial charge in [0, 0.05) is 52.2 Å². The maximum Gasteiger partial charge on any atom is 0.319 e. The number of piperazine rings is 1. The van der Waals surface area contributed by atoms with Crippen molar-refractivity contribution in [3.8, 4) is 0 Å². The van der Waals surface area contributed by atoms with E-state index in [4.69, 9.17) is 5.73 Å². The van der Waals surface area contributed by atoms with Gasteiger partial charge in [-0.2, -0.15) is 0 Å². The zero-order valence-electron chi connectivity index (χ0n) is 11.8. The van der Waals surface area contributed by atoms with Crippen LogP contribution in [-0.4, -0.2) is 73.0 Å². The molecule has 1 aliphatic carbocycles. The van der Waals surface area contributed by atoms with Crippen LogP contribution in [0.15, 0.2) is 0 Å². The van der Waals surface area contributed by atoms with Crippen LogP contribution in [-0.2, 0) is 4.79 Å². The smallest absolute Gasteiger partial charge is 0.319 e. The Labute approximate surface area is 114 Å². The molecule has 0 aromatic heterocycles. The van der Waals surface area contributed by atoms with Crippen molar-refractivity contribution in [3.05, 3.63) is 0 Å². The number of hydrogen-bond donors (Lipinski definition) is 1. The summed E-state index contributed by atoms with van der Waals surface area (Å²) in [5, 5.41) is 0. The molecule has 1 heterocycles. The van der Waals surface area contributed by atoms with Gasteiger partial charge >= 0.3 is 6.03 Å². The van der Waals surface area contributed by atoms with Crippen LogP contribution in [0.5, 0.6) is 0 Å². The maximum absolute atomic E-state index is 12.3. The molecular weight excluding hydrogens is 244 g/mol. The van der Waals surface area contributed by atoms with E-state index in [9.17, 15) is 9.59 Å². The van der Waals surface area contributed by atoms with E-state index in [1.807, 2.05) is 4.90 Å². The van der Waals surface area contributed by atoms with Crippen LogP contribution in [0.1, 0.15) is 19.3 Å². The molecule has 1 saturated carbocycles. The van der Waals surface area contributed by atoms with Crippen molar-refractivity contribution < 1.29 is 9.59 Å². The molecule has 0 spiro atoms. The fourth-order valence-electron chi connectivity index (χ4n) is 2.90. The van der Waals surface area contributed by atoms with Gasteiger partial charge in [0.05, 0.1) is 0 Å². The van der Waals surface area contributed by atoms with Gasteiger partial charge in [-0.15, -0.1) is 0 Å². The predicted octanol–water partition coefficient (Wildman–Crippen LogP) is -0.0604. The standard InChI is InChI=1S/C13H24N4O2/c1-15(2)13(19)17-7-5-16(6-8-17)12(18)10-3-4-11(14)9-10/h10-11H,3-9,14H2,1-2H3. The average Bonchev–Trinajstić information content (AvgIpc) is 2.84. The van der Waals surface area contributed by atoms with Crippen LogP contribution in [0.2, 0.25) is 0 Å². The minimum Gasteiger partial charge on any atom is -0.339 e. The van der Waals surface area contributed by atoms with Crippen molar-refractivity contribution in [3.63, 3.8) is 0 Å². The molecule has 0 aromatic carbocycles. The van der Waals surface area contributed by atoms with Crippen molar-refractivity contribution in [1.29, 1.82) is 0 Å². The number of nitrogens with zero attached hydrogens (tertiary/aromatic N) is 3. The zero-order valence-corrected chi connectivity index (χ0v) is 11.8. The van der Waals surface area contributed by atoms with Gasteiger partial charge in [-0.3, -0.25) is 4.79 Å². The molecule has 108 valence electrons. The molecule has 2 rings (SSSR count). The van der Waals surface area contributed by atoms with Crippen LogP contribution in [0, 0.1) is 5.92 Å². The summed E-state index contributed by atoms with van der Waals surface area (Å²) in [6.07, 6.45) is 2.68. The highest BCUT2D eigenvalue weighted by Crippen LogP contribution is 2.26. The quantitative estimate of drug-likeness (QED) is 0.724. The fraction of sp³-hybridized carbons (Fsp3) is 0.846. The largest absolute Gasteiger partial charge is 0.339 e. The van der Waals surface area contributed by atoms with Gasteiger partial charge in [-0.25, -0.2) is 4.79 Å². The summed E-state index contributed by atoms with van der Waals surface area (Å²) in [6, 6.07) is 0.209. The number of rotatable bonds is 1. The van der Waals surface area contributed by atoms with Crippen LogP contribution < -0.4 is 5.73 Å². The highest BCUT2D eigenvalue weighted by atomic mass is 16.2. The second-order valence-corrected chi connectivity index (χ2v) is 5.76. The lowest BCUT2D eigenvalue weighted by Crippen LogP contribution is -2.53. The van der Waals surface area contributed by atoms with E-state index in [-0.39, 0.29) is 23.9 Å². The van der Waals surface area contributed by atoms with Gasteiger partial charge in [0.25, 0.3) is 0 Å². The summed E-state index contributed by atoms with van der Waals surface area (Å²) >= 11 is 0. The van der Waals surface area contributed by atoms with Crippen molar-refractivity contribution in [2.45, 2.75) is 25.3 Å². The van der Waals surface area contributed by atoms with Crippen LogP contribution in [0.3, 0.4) is 0 Å². The van der Waals surface area contributed by atoms with Gasteiger partial charge in [-0.05, 0) is 19.3 Å². The lowest BCUT2D eigenvalue weighted by atomic mass is 10.1. The predicted molar refractivity (Wildman–Crippen MR) is 72.6 cm³/mol. The summed E-state index contributed by atoms with van der Waals surface area (Å²) in [7, 11) is 3.50. The Morgan fingerprint density at radius 3 is 2.11 bits per heavy atom. The number of carbonyl (C=O) groups excluding carboxylic acids is 2. The molecule has 2 fully saturated rings. The highest BCUT2D eigenvalue weighted by Gasteiger charge is 2.33. The lowest BCUT2D eigenvalue weighted by molar-refractivity contribution is -0.136. The first-order valence-electron chi connectivity index (χ1n) is 6.99. The Bertz CT molecular complexity index is 351. The molecule has 0 radical (unpaired) electrons. The molecule has 0 aromatic rings. The Morgan fingerprint density at radius 1 is 1.05 bits per heavy atom. The molecule has 19 heavy (non-hydrogen) atoms. The summed E-state index contributed by atoms with van der Waals surface area (Å²) in [5.41, 5.74) is 5.86. The number of urea groups is 1. The van der Waals surface area contributed by atoms with E-state index in [0.717, 1.165) is 19.3 Å². The third-order valence-corrected chi connectivity index (χ3v) is 4.07. The molecule has 2 N–H and O–H groups in total. The van der Waals surface area contributed by atoms with Gasteiger partial charge in [0.15, 0.2) is 0 Å². The highest BCUT2D eigenvalue weighted by molar-refractivity contribution is 5.80. The lowest BCUT2D eigenvalue weighted by Gasteiger charge is -2.37. The monoisotopic (exact) mass is 268 g/mol. The first-order chi connectivity index (χ1) is 8.99. The molecule has 6 nitrogen and oxygen atoms in total. The van der Waals surface area contributed by atoms with Crippen molar-refractivity contribution in [2.24, 2.45) is 11.7 Å². The van der Waals surface area contributed by atoms with Crippen LogP contribution in [0.4, 0.5) is 4.79 Å². The van der Waals surface area contributed by atoms with Crippen molar-refractivity contribution in [1.82, 2.24) is 14.7 Å². The number of nitrogens with two attached hydrogens (primary N) is 1. The summed E-state index contributed by atoms with van der Waals surface area (Å²) in [6.45, 7) is 2.54. The van der Waals surface area contributed by atoms with Crippen LogP contribution >= 0.6 is 0 Å². The first kappa shape index (κ1) is 14.1. The minimum atomic E-state index is 0.0231. The van der Waals surface area contributed by atoms with Gasteiger partial charge in [0.1, 0.15) is 0 Å². The summed E-state index contributed by atoms with van der Waals surface area (Å²) < 4.78 is 0. The summed E-state index contributed by atoms with van der Waals surface area (Å²) in [4.78, 5) is 29.4. The molecule has 3 amide bonds. The molecular formula is C13H24N4O2. The Morgan fingerprint density at radius 2 is 1.63 bits per heavy atom. The Hall–Kier alpha value is -1.30.